The Balaban J connectivity index is 2.22. The predicted octanol–water partition coefficient (Wildman–Crippen LogP) is 4.72. The summed E-state index contributed by atoms with van der Waals surface area (Å²) in [6.45, 7) is 4.37. The molecule has 1 aliphatic carbocycles. The highest BCUT2D eigenvalue weighted by Gasteiger charge is 2.39. The van der Waals surface area contributed by atoms with Gasteiger partial charge in [0.25, 0.3) is 0 Å². The third-order valence-electron chi connectivity index (χ3n) is 4.29. The fraction of sp³-hybridized carbons (Fsp3) is 0.600. The average molecular weight is 287 g/mol. The van der Waals surface area contributed by atoms with E-state index in [1.807, 2.05) is 18.2 Å². The molecule has 1 aliphatic rings. The van der Waals surface area contributed by atoms with E-state index in [1.54, 1.807) is 0 Å². The van der Waals surface area contributed by atoms with Crippen LogP contribution < -0.4 is 0 Å². The van der Waals surface area contributed by atoms with Gasteiger partial charge in [0.1, 0.15) is 0 Å². The standard InChI is InChI=1S/C15H20Cl2O/c1-10-6-7-15(18,11(2)8-10)9-12-13(16)4-3-5-14(12)17/h3-5,10-11,18H,6-9H2,1-2H3. The van der Waals surface area contributed by atoms with Crippen molar-refractivity contribution in [2.24, 2.45) is 11.8 Å². The smallest absolute Gasteiger partial charge is 0.0714 e. The van der Waals surface area contributed by atoms with Gasteiger partial charge in [-0.2, -0.15) is 0 Å². The van der Waals surface area contributed by atoms with Crippen LogP contribution >= 0.6 is 23.2 Å². The van der Waals surface area contributed by atoms with Gasteiger partial charge < -0.3 is 5.11 Å². The predicted molar refractivity (Wildman–Crippen MR) is 77.3 cm³/mol. The number of benzene rings is 1. The maximum absolute atomic E-state index is 10.8. The van der Waals surface area contributed by atoms with Crippen LogP contribution in [-0.4, -0.2) is 10.7 Å². The second-order valence-electron chi connectivity index (χ2n) is 5.76. The lowest BCUT2D eigenvalue weighted by atomic mass is 9.70. The zero-order valence-electron chi connectivity index (χ0n) is 10.9. The summed E-state index contributed by atoms with van der Waals surface area (Å²) in [5.74, 6) is 0.982. The number of halogens is 2. The summed E-state index contributed by atoms with van der Waals surface area (Å²) in [5.41, 5.74) is 0.214. The maximum atomic E-state index is 10.8. The maximum Gasteiger partial charge on any atom is 0.0714 e. The molecule has 100 valence electrons. The SMILES string of the molecule is CC1CCC(O)(Cc2c(Cl)cccc2Cl)C(C)C1. The zero-order valence-corrected chi connectivity index (χ0v) is 12.4. The van der Waals surface area contributed by atoms with Crippen LogP contribution in [-0.2, 0) is 6.42 Å². The average Bonchev–Trinajstić information content (AvgIpc) is 2.30. The highest BCUT2D eigenvalue weighted by molar-refractivity contribution is 6.36. The lowest BCUT2D eigenvalue weighted by Gasteiger charge is -2.41. The molecule has 1 aromatic carbocycles. The van der Waals surface area contributed by atoms with Crippen LogP contribution in [0.2, 0.25) is 10.0 Å². The van der Waals surface area contributed by atoms with E-state index < -0.39 is 5.60 Å². The molecule has 0 amide bonds. The van der Waals surface area contributed by atoms with Crippen molar-refractivity contribution < 1.29 is 5.11 Å². The molecule has 1 aromatic rings. The Morgan fingerprint density at radius 2 is 1.89 bits per heavy atom. The summed E-state index contributed by atoms with van der Waals surface area (Å²) in [6, 6.07) is 5.51. The summed E-state index contributed by atoms with van der Waals surface area (Å²) in [6.07, 6.45) is 3.53. The van der Waals surface area contributed by atoms with Gasteiger partial charge in [0.2, 0.25) is 0 Å². The van der Waals surface area contributed by atoms with Crippen molar-refractivity contribution in [1.82, 2.24) is 0 Å². The van der Waals surface area contributed by atoms with Gasteiger partial charge in [-0.1, -0.05) is 43.1 Å². The van der Waals surface area contributed by atoms with Gasteiger partial charge in [-0.3, -0.25) is 0 Å². The molecule has 3 heteroatoms. The zero-order chi connectivity index (χ0) is 13.3. The number of hydrogen-bond acceptors (Lipinski definition) is 1. The Morgan fingerprint density at radius 1 is 1.28 bits per heavy atom. The summed E-state index contributed by atoms with van der Waals surface area (Å²) in [4.78, 5) is 0. The largest absolute Gasteiger partial charge is 0.389 e. The molecule has 0 aromatic heterocycles. The molecule has 0 heterocycles. The van der Waals surface area contributed by atoms with E-state index in [9.17, 15) is 5.11 Å². The Hall–Kier alpha value is -0.240. The minimum atomic E-state index is -0.666. The second kappa shape index (κ2) is 5.40. The van der Waals surface area contributed by atoms with Crippen molar-refractivity contribution in [1.29, 1.82) is 0 Å². The van der Waals surface area contributed by atoms with Crippen molar-refractivity contribution in [3.8, 4) is 0 Å². The van der Waals surface area contributed by atoms with Gasteiger partial charge >= 0.3 is 0 Å². The van der Waals surface area contributed by atoms with Gasteiger partial charge in [0.05, 0.1) is 5.60 Å². The van der Waals surface area contributed by atoms with Crippen LogP contribution in [0.25, 0.3) is 0 Å². The molecule has 0 aliphatic heterocycles. The van der Waals surface area contributed by atoms with E-state index in [0.717, 1.165) is 24.8 Å². The Kier molecular flexibility index (Phi) is 4.25. The van der Waals surface area contributed by atoms with Gasteiger partial charge in [-0.05, 0) is 48.8 Å². The molecule has 18 heavy (non-hydrogen) atoms. The molecule has 0 bridgehead atoms. The minimum absolute atomic E-state index is 0.286. The lowest BCUT2D eigenvalue weighted by Crippen LogP contribution is -2.43. The summed E-state index contributed by atoms with van der Waals surface area (Å²) in [5, 5.41) is 12.2. The van der Waals surface area contributed by atoms with Gasteiger partial charge in [-0.15, -0.1) is 0 Å². The Morgan fingerprint density at radius 3 is 2.44 bits per heavy atom. The van der Waals surface area contributed by atoms with Gasteiger partial charge in [0, 0.05) is 16.5 Å². The monoisotopic (exact) mass is 286 g/mol. The third-order valence-corrected chi connectivity index (χ3v) is 5.00. The van der Waals surface area contributed by atoms with Crippen LogP contribution in [0.4, 0.5) is 0 Å². The van der Waals surface area contributed by atoms with Crippen LogP contribution in [0, 0.1) is 11.8 Å². The first kappa shape index (κ1) is 14.2. The van der Waals surface area contributed by atoms with E-state index in [1.165, 1.54) is 0 Å². The molecule has 1 saturated carbocycles. The first-order valence-corrected chi connectivity index (χ1v) is 7.33. The Bertz CT molecular complexity index is 412. The molecular formula is C15H20Cl2O. The van der Waals surface area contributed by atoms with Crippen molar-refractivity contribution in [3.63, 3.8) is 0 Å². The molecule has 2 rings (SSSR count). The van der Waals surface area contributed by atoms with Crippen LogP contribution in [0.1, 0.15) is 38.7 Å². The van der Waals surface area contributed by atoms with E-state index in [-0.39, 0.29) is 5.92 Å². The molecule has 3 unspecified atom stereocenters. The number of rotatable bonds is 2. The molecular weight excluding hydrogens is 267 g/mol. The third kappa shape index (κ3) is 2.84. The highest BCUT2D eigenvalue weighted by atomic mass is 35.5. The van der Waals surface area contributed by atoms with Crippen molar-refractivity contribution in [3.05, 3.63) is 33.8 Å². The molecule has 0 saturated heterocycles. The number of aliphatic hydroxyl groups is 1. The second-order valence-corrected chi connectivity index (χ2v) is 6.58. The lowest BCUT2D eigenvalue weighted by molar-refractivity contribution is -0.0521. The van der Waals surface area contributed by atoms with E-state index >= 15 is 0 Å². The number of hydrogen-bond donors (Lipinski definition) is 1. The van der Waals surface area contributed by atoms with Crippen LogP contribution in [0.15, 0.2) is 18.2 Å². The summed E-state index contributed by atoms with van der Waals surface area (Å²) >= 11 is 12.4. The van der Waals surface area contributed by atoms with E-state index in [0.29, 0.717) is 22.4 Å². The molecule has 0 radical (unpaired) electrons. The van der Waals surface area contributed by atoms with Crippen LogP contribution in [0.3, 0.4) is 0 Å². The summed E-state index contributed by atoms with van der Waals surface area (Å²) in [7, 11) is 0. The normalized spacial score (nSPS) is 32.5. The minimum Gasteiger partial charge on any atom is -0.389 e. The highest BCUT2D eigenvalue weighted by Crippen LogP contribution is 2.40. The topological polar surface area (TPSA) is 20.2 Å². The summed E-state index contributed by atoms with van der Waals surface area (Å²) < 4.78 is 0. The fourth-order valence-electron chi connectivity index (χ4n) is 2.95. The Labute approximate surface area is 119 Å². The molecule has 0 spiro atoms. The molecule has 1 fully saturated rings. The molecule has 1 nitrogen and oxygen atoms in total. The van der Waals surface area contributed by atoms with Crippen molar-refractivity contribution in [2.75, 3.05) is 0 Å². The van der Waals surface area contributed by atoms with Gasteiger partial charge in [-0.25, -0.2) is 0 Å². The van der Waals surface area contributed by atoms with E-state index in [2.05, 4.69) is 13.8 Å². The van der Waals surface area contributed by atoms with Crippen molar-refractivity contribution >= 4 is 23.2 Å². The quantitative estimate of drug-likeness (QED) is 0.834. The molecule has 3 atom stereocenters. The van der Waals surface area contributed by atoms with Crippen LogP contribution in [0.5, 0.6) is 0 Å². The molecule has 1 N–H and O–H groups in total. The van der Waals surface area contributed by atoms with Gasteiger partial charge in [0.15, 0.2) is 0 Å². The van der Waals surface area contributed by atoms with E-state index in [4.69, 9.17) is 23.2 Å². The first-order chi connectivity index (χ1) is 8.42. The first-order valence-electron chi connectivity index (χ1n) is 6.57. The van der Waals surface area contributed by atoms with Crippen molar-refractivity contribution in [2.45, 2.75) is 45.1 Å². The fourth-order valence-corrected chi connectivity index (χ4v) is 3.48.